The second-order valence-corrected chi connectivity index (χ2v) is 3.64. The molecular weight excluding hydrogens is 218 g/mol. The van der Waals surface area contributed by atoms with E-state index in [2.05, 4.69) is 5.32 Å². The number of hydrogen-bond donors (Lipinski definition) is 1. The van der Waals surface area contributed by atoms with Gasteiger partial charge in [-0.25, -0.2) is 0 Å². The van der Waals surface area contributed by atoms with Crippen LogP contribution in [0.25, 0.3) is 0 Å². The number of benzene rings is 1. The first-order valence-corrected chi connectivity index (χ1v) is 5.61. The van der Waals surface area contributed by atoms with Gasteiger partial charge in [-0.15, -0.1) is 0 Å². The Morgan fingerprint density at radius 3 is 2.47 bits per heavy atom. The molecule has 1 aromatic rings. The van der Waals surface area contributed by atoms with Crippen molar-refractivity contribution in [2.45, 2.75) is 13.3 Å². The topological polar surface area (TPSA) is 47.6 Å². The third-order valence-electron chi connectivity index (χ3n) is 2.63. The summed E-state index contributed by atoms with van der Waals surface area (Å²) in [5.74, 6) is 1.12. The van der Waals surface area contributed by atoms with Gasteiger partial charge in [0.05, 0.1) is 26.3 Å². The van der Waals surface area contributed by atoms with Gasteiger partial charge >= 0.3 is 0 Å². The number of ketones is 1. The zero-order valence-electron chi connectivity index (χ0n) is 10.8. The van der Waals surface area contributed by atoms with E-state index in [0.717, 1.165) is 12.0 Å². The Balaban J connectivity index is 3.34. The van der Waals surface area contributed by atoms with Crippen molar-refractivity contribution in [1.29, 1.82) is 0 Å². The zero-order valence-corrected chi connectivity index (χ0v) is 10.8. The highest BCUT2D eigenvalue weighted by Gasteiger charge is 2.19. The second-order valence-electron chi connectivity index (χ2n) is 3.64. The predicted molar refractivity (Wildman–Crippen MR) is 67.2 cm³/mol. The van der Waals surface area contributed by atoms with Gasteiger partial charge in [0.25, 0.3) is 0 Å². The lowest BCUT2D eigenvalue weighted by atomic mass is 9.99. The van der Waals surface area contributed by atoms with Gasteiger partial charge in [-0.1, -0.05) is 13.0 Å². The monoisotopic (exact) mass is 237 g/mol. The van der Waals surface area contributed by atoms with E-state index in [0.29, 0.717) is 17.1 Å². The molecule has 1 aromatic carbocycles. The number of hydrogen-bond acceptors (Lipinski definition) is 4. The number of methoxy groups -OCH3 is 2. The van der Waals surface area contributed by atoms with E-state index in [-0.39, 0.29) is 12.3 Å². The summed E-state index contributed by atoms with van der Waals surface area (Å²) < 4.78 is 10.5. The van der Waals surface area contributed by atoms with Crippen LogP contribution in [0.1, 0.15) is 22.8 Å². The smallest absolute Gasteiger partial charge is 0.180 e. The van der Waals surface area contributed by atoms with Crippen LogP contribution < -0.4 is 14.8 Å². The van der Waals surface area contributed by atoms with E-state index in [1.54, 1.807) is 21.3 Å². The Bertz CT molecular complexity index is 402. The summed E-state index contributed by atoms with van der Waals surface area (Å²) in [5, 5.41) is 2.86. The largest absolute Gasteiger partial charge is 0.493 e. The van der Waals surface area contributed by atoms with Gasteiger partial charge in [0, 0.05) is 0 Å². The first-order chi connectivity index (χ1) is 8.19. The van der Waals surface area contributed by atoms with Crippen molar-refractivity contribution in [3.63, 3.8) is 0 Å². The maximum atomic E-state index is 12.1. The molecule has 94 valence electrons. The van der Waals surface area contributed by atoms with Gasteiger partial charge in [0.1, 0.15) is 0 Å². The molecule has 0 fully saturated rings. The molecule has 0 saturated carbocycles. The van der Waals surface area contributed by atoms with E-state index >= 15 is 0 Å². The van der Waals surface area contributed by atoms with Crippen LogP contribution in [-0.4, -0.2) is 33.6 Å². The van der Waals surface area contributed by atoms with E-state index in [1.165, 1.54) is 0 Å². The summed E-state index contributed by atoms with van der Waals surface area (Å²) in [6, 6.07) is 3.73. The molecule has 0 atom stereocenters. The lowest BCUT2D eigenvalue weighted by Crippen LogP contribution is -2.20. The third-order valence-corrected chi connectivity index (χ3v) is 2.63. The van der Waals surface area contributed by atoms with Gasteiger partial charge < -0.3 is 14.8 Å². The maximum Gasteiger partial charge on any atom is 0.180 e. The van der Waals surface area contributed by atoms with E-state index < -0.39 is 0 Å². The van der Waals surface area contributed by atoms with Crippen molar-refractivity contribution in [1.82, 2.24) is 5.32 Å². The van der Waals surface area contributed by atoms with Crippen molar-refractivity contribution in [3.05, 3.63) is 23.3 Å². The fourth-order valence-electron chi connectivity index (χ4n) is 1.82. The number of rotatable bonds is 6. The molecule has 4 heteroatoms. The molecular formula is C13H19NO3. The van der Waals surface area contributed by atoms with Gasteiger partial charge in [-0.05, 0) is 25.1 Å². The van der Waals surface area contributed by atoms with Crippen molar-refractivity contribution in [2.75, 3.05) is 27.8 Å². The standard InChI is InChI=1S/C13H19NO3/c1-5-9-6-7-11(16-3)13(17-4)12(9)10(15)8-14-2/h6-7,14H,5,8H2,1-4H3. The average Bonchev–Trinajstić information content (AvgIpc) is 2.36. The van der Waals surface area contributed by atoms with Crippen LogP contribution in [0, 0.1) is 0 Å². The lowest BCUT2D eigenvalue weighted by molar-refractivity contribution is 0.0989. The molecule has 4 nitrogen and oxygen atoms in total. The lowest BCUT2D eigenvalue weighted by Gasteiger charge is -2.15. The summed E-state index contributed by atoms with van der Waals surface area (Å²) in [6.45, 7) is 2.30. The summed E-state index contributed by atoms with van der Waals surface area (Å²) >= 11 is 0. The first kappa shape index (κ1) is 13.5. The quantitative estimate of drug-likeness (QED) is 0.764. The van der Waals surface area contributed by atoms with Crippen LogP contribution >= 0.6 is 0 Å². The molecule has 0 unspecified atom stereocenters. The number of nitrogens with one attached hydrogen (secondary N) is 1. The Labute approximate surface area is 102 Å². The molecule has 0 amide bonds. The number of ether oxygens (including phenoxy) is 2. The molecule has 0 aliphatic heterocycles. The molecule has 0 radical (unpaired) electrons. The highest BCUT2D eigenvalue weighted by molar-refractivity contribution is 6.02. The van der Waals surface area contributed by atoms with Crippen LogP contribution in [0.5, 0.6) is 11.5 Å². The van der Waals surface area contributed by atoms with Crippen LogP contribution in [0.4, 0.5) is 0 Å². The van der Waals surface area contributed by atoms with Gasteiger partial charge in [-0.3, -0.25) is 4.79 Å². The van der Waals surface area contributed by atoms with Crippen LogP contribution in [0.3, 0.4) is 0 Å². The van der Waals surface area contributed by atoms with Gasteiger partial charge in [-0.2, -0.15) is 0 Å². The summed E-state index contributed by atoms with van der Waals surface area (Å²) in [7, 11) is 4.86. The second kappa shape index (κ2) is 6.25. The molecule has 0 heterocycles. The van der Waals surface area contributed by atoms with Crippen molar-refractivity contribution >= 4 is 5.78 Å². The van der Waals surface area contributed by atoms with E-state index in [4.69, 9.17) is 9.47 Å². The van der Waals surface area contributed by atoms with Crippen LogP contribution in [-0.2, 0) is 6.42 Å². The average molecular weight is 237 g/mol. The molecule has 1 rings (SSSR count). The zero-order chi connectivity index (χ0) is 12.8. The van der Waals surface area contributed by atoms with Crippen LogP contribution in [0.15, 0.2) is 12.1 Å². The summed E-state index contributed by atoms with van der Waals surface area (Å²) in [5.41, 5.74) is 1.59. The minimum Gasteiger partial charge on any atom is -0.493 e. The molecule has 0 aliphatic carbocycles. The summed E-state index contributed by atoms with van der Waals surface area (Å²) in [6.07, 6.45) is 0.783. The molecule has 0 bridgehead atoms. The highest BCUT2D eigenvalue weighted by Crippen LogP contribution is 2.33. The number of carbonyl (C=O) groups is 1. The molecule has 0 saturated heterocycles. The van der Waals surface area contributed by atoms with Gasteiger partial charge in [0.15, 0.2) is 17.3 Å². The minimum atomic E-state index is 0.0140. The Kier molecular flexibility index (Phi) is 4.97. The number of Topliss-reactive ketones (excluding diaryl/α,β-unsaturated/α-hetero) is 1. The van der Waals surface area contributed by atoms with E-state index in [9.17, 15) is 4.79 Å². The maximum absolute atomic E-state index is 12.1. The van der Waals surface area contributed by atoms with Crippen molar-refractivity contribution in [3.8, 4) is 11.5 Å². The number of carbonyl (C=O) groups excluding carboxylic acids is 1. The predicted octanol–water partition coefficient (Wildman–Crippen LogP) is 1.67. The fraction of sp³-hybridized carbons (Fsp3) is 0.462. The Morgan fingerprint density at radius 1 is 1.29 bits per heavy atom. The van der Waals surface area contributed by atoms with Gasteiger partial charge in [0.2, 0.25) is 0 Å². The highest BCUT2D eigenvalue weighted by atomic mass is 16.5. The molecule has 0 aliphatic rings. The SMILES string of the molecule is CCc1ccc(OC)c(OC)c1C(=O)CNC. The number of likely N-dealkylation sites (N-methyl/N-ethyl adjacent to an activating group) is 1. The Hall–Kier alpha value is -1.55. The van der Waals surface area contributed by atoms with E-state index in [1.807, 2.05) is 19.1 Å². The van der Waals surface area contributed by atoms with Crippen LogP contribution in [0.2, 0.25) is 0 Å². The summed E-state index contributed by atoms with van der Waals surface area (Å²) in [4.78, 5) is 12.1. The van der Waals surface area contributed by atoms with Crippen molar-refractivity contribution < 1.29 is 14.3 Å². The molecule has 1 N–H and O–H groups in total. The Morgan fingerprint density at radius 2 is 2.00 bits per heavy atom. The third kappa shape index (κ3) is 2.77. The minimum absolute atomic E-state index is 0.0140. The molecule has 0 aromatic heterocycles. The normalized spacial score (nSPS) is 10.1. The van der Waals surface area contributed by atoms with Crippen molar-refractivity contribution in [2.24, 2.45) is 0 Å². The fourth-order valence-corrected chi connectivity index (χ4v) is 1.82. The molecule has 0 spiro atoms. The first-order valence-electron chi connectivity index (χ1n) is 5.61. The molecule has 17 heavy (non-hydrogen) atoms. The number of aryl methyl sites for hydroxylation is 1.